The highest BCUT2D eigenvalue weighted by Gasteiger charge is 2.33. The second-order valence-corrected chi connectivity index (χ2v) is 5.86. The summed E-state index contributed by atoms with van der Waals surface area (Å²) >= 11 is 0. The topological polar surface area (TPSA) is 35.5 Å². The van der Waals surface area contributed by atoms with Crippen molar-refractivity contribution in [3.63, 3.8) is 0 Å². The molecule has 0 bridgehead atoms. The Balaban J connectivity index is 2.43. The van der Waals surface area contributed by atoms with Gasteiger partial charge in [0, 0.05) is 23.2 Å². The van der Waals surface area contributed by atoms with E-state index in [2.05, 4.69) is 36.2 Å². The molecule has 18 heavy (non-hydrogen) atoms. The van der Waals surface area contributed by atoms with Crippen LogP contribution in [0.3, 0.4) is 0 Å². The van der Waals surface area contributed by atoms with Crippen LogP contribution in [-0.4, -0.2) is 30.6 Å². The second-order valence-electron chi connectivity index (χ2n) is 5.86. The van der Waals surface area contributed by atoms with Crippen LogP contribution in [0.15, 0.2) is 12.1 Å². The van der Waals surface area contributed by atoms with Crippen LogP contribution in [-0.2, 0) is 12.1 Å². The summed E-state index contributed by atoms with van der Waals surface area (Å²) < 4.78 is 0. The molecule has 1 unspecified atom stereocenters. The fourth-order valence-corrected chi connectivity index (χ4v) is 2.82. The molecule has 0 radical (unpaired) electrons. The van der Waals surface area contributed by atoms with Crippen molar-refractivity contribution in [2.24, 2.45) is 0 Å². The molecule has 1 aliphatic heterocycles. The average molecular weight is 248 g/mol. The summed E-state index contributed by atoms with van der Waals surface area (Å²) in [7, 11) is 4.06. The normalized spacial score (nSPS) is 23.8. The largest absolute Gasteiger partial charge is 0.507 e. The molecule has 1 aliphatic rings. The van der Waals surface area contributed by atoms with E-state index >= 15 is 0 Å². The van der Waals surface area contributed by atoms with Crippen molar-refractivity contribution in [1.82, 2.24) is 10.2 Å². The summed E-state index contributed by atoms with van der Waals surface area (Å²) in [5.41, 5.74) is 3.18. The molecular formula is C15H24N2O. The lowest BCUT2D eigenvalue weighted by Gasteiger charge is -2.28. The fourth-order valence-electron chi connectivity index (χ4n) is 2.82. The Morgan fingerprint density at radius 1 is 1.39 bits per heavy atom. The first kappa shape index (κ1) is 13.4. The van der Waals surface area contributed by atoms with Crippen LogP contribution >= 0.6 is 0 Å². The van der Waals surface area contributed by atoms with Gasteiger partial charge in [-0.1, -0.05) is 12.1 Å². The number of aromatic hydroxyl groups is 1. The molecule has 1 fully saturated rings. The first-order chi connectivity index (χ1) is 8.44. The van der Waals surface area contributed by atoms with E-state index in [0.717, 1.165) is 36.2 Å². The molecule has 0 aliphatic carbocycles. The molecule has 3 nitrogen and oxygen atoms in total. The zero-order valence-corrected chi connectivity index (χ0v) is 11.9. The molecule has 1 aromatic carbocycles. The molecule has 0 amide bonds. The molecule has 2 N–H and O–H groups in total. The van der Waals surface area contributed by atoms with Crippen LogP contribution in [0, 0.1) is 6.92 Å². The van der Waals surface area contributed by atoms with E-state index in [1.807, 2.05) is 14.1 Å². The Morgan fingerprint density at radius 3 is 2.67 bits per heavy atom. The van der Waals surface area contributed by atoms with Crippen molar-refractivity contribution < 1.29 is 5.11 Å². The lowest BCUT2D eigenvalue weighted by Crippen LogP contribution is -2.33. The Bertz CT molecular complexity index is 434. The van der Waals surface area contributed by atoms with Crippen molar-refractivity contribution in [2.75, 3.05) is 20.6 Å². The standard InChI is InChI=1S/C15H24N2O/c1-11-6-7-13(15(2)8-5-9-16-15)14(18)12(11)10-17(3)4/h6-7,16,18H,5,8-10H2,1-4H3. The maximum Gasteiger partial charge on any atom is 0.125 e. The third-order valence-corrected chi connectivity index (χ3v) is 3.95. The highest BCUT2D eigenvalue weighted by atomic mass is 16.3. The molecule has 0 spiro atoms. The average Bonchev–Trinajstić information content (AvgIpc) is 2.71. The Labute approximate surface area is 110 Å². The number of phenols is 1. The Hall–Kier alpha value is -1.06. The monoisotopic (exact) mass is 248 g/mol. The van der Waals surface area contributed by atoms with Gasteiger partial charge in [-0.3, -0.25) is 0 Å². The molecule has 1 aromatic rings. The van der Waals surface area contributed by atoms with E-state index in [0.29, 0.717) is 5.75 Å². The first-order valence-corrected chi connectivity index (χ1v) is 6.66. The van der Waals surface area contributed by atoms with Crippen molar-refractivity contribution in [1.29, 1.82) is 0 Å². The number of hydrogen-bond donors (Lipinski definition) is 2. The molecule has 1 atom stereocenters. The molecule has 100 valence electrons. The third-order valence-electron chi connectivity index (χ3n) is 3.95. The minimum atomic E-state index is -0.0706. The van der Waals surface area contributed by atoms with Crippen molar-refractivity contribution in [3.05, 3.63) is 28.8 Å². The van der Waals surface area contributed by atoms with E-state index in [9.17, 15) is 5.11 Å². The SMILES string of the molecule is Cc1ccc(C2(C)CCCN2)c(O)c1CN(C)C. The van der Waals surface area contributed by atoms with Gasteiger partial charge in [-0.05, 0) is 52.9 Å². The van der Waals surface area contributed by atoms with E-state index in [4.69, 9.17) is 0 Å². The maximum absolute atomic E-state index is 10.6. The van der Waals surface area contributed by atoms with E-state index in [1.165, 1.54) is 6.42 Å². The number of aryl methyl sites for hydroxylation is 1. The number of nitrogens with zero attached hydrogens (tertiary/aromatic N) is 1. The Morgan fingerprint density at radius 2 is 2.11 bits per heavy atom. The number of benzene rings is 1. The molecule has 3 heteroatoms. The highest BCUT2D eigenvalue weighted by Crippen LogP contribution is 2.38. The van der Waals surface area contributed by atoms with Crippen LogP contribution < -0.4 is 5.32 Å². The van der Waals surface area contributed by atoms with Gasteiger partial charge in [-0.2, -0.15) is 0 Å². The molecule has 1 saturated heterocycles. The summed E-state index contributed by atoms with van der Waals surface area (Å²) in [5.74, 6) is 0.473. The molecular weight excluding hydrogens is 224 g/mol. The molecule has 0 saturated carbocycles. The summed E-state index contributed by atoms with van der Waals surface area (Å²) in [4.78, 5) is 2.09. The van der Waals surface area contributed by atoms with Gasteiger partial charge in [0.25, 0.3) is 0 Å². The predicted octanol–water partition coefficient (Wildman–Crippen LogP) is 2.36. The van der Waals surface area contributed by atoms with Crippen molar-refractivity contribution >= 4 is 0 Å². The zero-order valence-electron chi connectivity index (χ0n) is 11.9. The second kappa shape index (κ2) is 4.90. The quantitative estimate of drug-likeness (QED) is 0.862. The highest BCUT2D eigenvalue weighted by molar-refractivity contribution is 5.48. The zero-order chi connectivity index (χ0) is 13.3. The van der Waals surface area contributed by atoms with Gasteiger partial charge < -0.3 is 15.3 Å². The van der Waals surface area contributed by atoms with Crippen LogP contribution in [0.25, 0.3) is 0 Å². The predicted molar refractivity (Wildman–Crippen MR) is 74.8 cm³/mol. The van der Waals surface area contributed by atoms with Crippen LogP contribution in [0.4, 0.5) is 0 Å². The lowest BCUT2D eigenvalue weighted by atomic mass is 9.87. The van der Waals surface area contributed by atoms with Gasteiger partial charge in [0.15, 0.2) is 0 Å². The fraction of sp³-hybridized carbons (Fsp3) is 0.600. The molecule has 0 aromatic heterocycles. The van der Waals surface area contributed by atoms with E-state index in [-0.39, 0.29) is 5.54 Å². The summed E-state index contributed by atoms with van der Waals surface area (Å²) in [6.45, 7) is 6.06. The minimum absolute atomic E-state index is 0.0706. The summed E-state index contributed by atoms with van der Waals surface area (Å²) in [6, 6.07) is 4.20. The van der Waals surface area contributed by atoms with Gasteiger partial charge in [0.05, 0.1) is 0 Å². The van der Waals surface area contributed by atoms with Crippen molar-refractivity contribution in [3.8, 4) is 5.75 Å². The number of rotatable bonds is 3. The Kier molecular flexibility index (Phi) is 3.64. The van der Waals surface area contributed by atoms with Gasteiger partial charge in [-0.15, -0.1) is 0 Å². The maximum atomic E-state index is 10.6. The van der Waals surface area contributed by atoms with Gasteiger partial charge in [-0.25, -0.2) is 0 Å². The van der Waals surface area contributed by atoms with E-state index in [1.54, 1.807) is 0 Å². The third kappa shape index (κ3) is 2.38. The van der Waals surface area contributed by atoms with Gasteiger partial charge in [0.1, 0.15) is 5.75 Å². The van der Waals surface area contributed by atoms with Crippen LogP contribution in [0.2, 0.25) is 0 Å². The first-order valence-electron chi connectivity index (χ1n) is 6.66. The number of hydrogen-bond acceptors (Lipinski definition) is 3. The van der Waals surface area contributed by atoms with E-state index < -0.39 is 0 Å². The van der Waals surface area contributed by atoms with Gasteiger partial charge >= 0.3 is 0 Å². The molecule has 2 rings (SSSR count). The lowest BCUT2D eigenvalue weighted by molar-refractivity contribution is 0.366. The minimum Gasteiger partial charge on any atom is -0.507 e. The summed E-state index contributed by atoms with van der Waals surface area (Å²) in [6.07, 6.45) is 2.26. The van der Waals surface area contributed by atoms with Crippen molar-refractivity contribution in [2.45, 2.75) is 38.8 Å². The smallest absolute Gasteiger partial charge is 0.125 e. The van der Waals surface area contributed by atoms with Crippen LogP contribution in [0.1, 0.15) is 36.5 Å². The van der Waals surface area contributed by atoms with Gasteiger partial charge in [0.2, 0.25) is 0 Å². The molecule has 1 heterocycles. The number of nitrogens with one attached hydrogen (secondary N) is 1. The van der Waals surface area contributed by atoms with Crippen LogP contribution in [0.5, 0.6) is 5.75 Å². The summed E-state index contributed by atoms with van der Waals surface area (Å²) in [5, 5.41) is 14.1. The number of phenolic OH excluding ortho intramolecular Hbond substituents is 1.